The van der Waals surface area contributed by atoms with Crippen LogP contribution in [-0.2, 0) is 16.1 Å². The predicted molar refractivity (Wildman–Crippen MR) is 66.4 cm³/mol. The molecule has 1 saturated carbocycles. The highest BCUT2D eigenvalue weighted by Crippen LogP contribution is 2.25. The molecule has 0 unspecified atom stereocenters. The van der Waals surface area contributed by atoms with Crippen LogP contribution < -0.4 is 10.6 Å². The van der Waals surface area contributed by atoms with E-state index >= 15 is 0 Å². The van der Waals surface area contributed by atoms with Crippen LogP contribution >= 0.6 is 0 Å². The molecule has 5 heteroatoms. The van der Waals surface area contributed by atoms with Crippen molar-refractivity contribution in [3.63, 3.8) is 0 Å². The summed E-state index contributed by atoms with van der Waals surface area (Å²) >= 11 is 0. The molecular weight excluding hydrogens is 230 g/mol. The van der Waals surface area contributed by atoms with Crippen molar-refractivity contribution in [2.75, 3.05) is 6.54 Å². The van der Waals surface area contributed by atoms with Crippen molar-refractivity contribution in [2.45, 2.75) is 25.8 Å². The Kier molecular flexibility index (Phi) is 4.28. The van der Waals surface area contributed by atoms with Crippen LogP contribution in [0, 0.1) is 5.92 Å². The molecule has 1 fully saturated rings. The smallest absolute Gasteiger partial charge is 0.239 e. The van der Waals surface area contributed by atoms with E-state index < -0.39 is 0 Å². The van der Waals surface area contributed by atoms with E-state index in [1.54, 1.807) is 12.4 Å². The van der Waals surface area contributed by atoms with Gasteiger partial charge in [0.25, 0.3) is 0 Å². The summed E-state index contributed by atoms with van der Waals surface area (Å²) in [5.74, 6) is -0.0437. The van der Waals surface area contributed by atoms with Gasteiger partial charge < -0.3 is 10.6 Å². The van der Waals surface area contributed by atoms with Crippen molar-refractivity contribution < 1.29 is 9.59 Å². The molecule has 1 aliphatic rings. The molecular formula is C13H17N3O2. The van der Waals surface area contributed by atoms with Crippen LogP contribution in [0.4, 0.5) is 0 Å². The lowest BCUT2D eigenvalue weighted by atomic mass is 9.85. The molecule has 0 bridgehead atoms. The number of pyridine rings is 1. The first-order valence-corrected chi connectivity index (χ1v) is 6.19. The largest absolute Gasteiger partial charge is 0.350 e. The van der Waals surface area contributed by atoms with Crippen LogP contribution in [0.2, 0.25) is 0 Å². The Labute approximate surface area is 106 Å². The molecule has 1 heterocycles. The van der Waals surface area contributed by atoms with Crippen LogP contribution in [0.25, 0.3) is 0 Å². The first kappa shape index (κ1) is 12.5. The molecule has 1 aromatic heterocycles. The van der Waals surface area contributed by atoms with Gasteiger partial charge in [0, 0.05) is 24.9 Å². The van der Waals surface area contributed by atoms with Crippen LogP contribution in [0.3, 0.4) is 0 Å². The maximum Gasteiger partial charge on any atom is 0.239 e. The third-order valence-electron chi connectivity index (χ3n) is 3.14. The molecule has 0 aromatic carbocycles. The van der Waals surface area contributed by atoms with E-state index in [0.29, 0.717) is 6.54 Å². The number of aromatic nitrogens is 1. The summed E-state index contributed by atoms with van der Waals surface area (Å²) in [4.78, 5) is 26.9. The SMILES string of the molecule is O=C(CNC(=O)C1CCC1)NCc1ccncc1. The number of carbonyl (C=O) groups is 2. The molecule has 5 nitrogen and oxygen atoms in total. The van der Waals surface area contributed by atoms with E-state index in [9.17, 15) is 9.59 Å². The average Bonchev–Trinajstić information content (AvgIpc) is 2.33. The van der Waals surface area contributed by atoms with Crippen molar-refractivity contribution >= 4 is 11.8 Å². The second-order valence-corrected chi connectivity index (χ2v) is 4.48. The lowest BCUT2D eigenvalue weighted by Crippen LogP contribution is -2.41. The fourth-order valence-corrected chi connectivity index (χ4v) is 1.75. The zero-order chi connectivity index (χ0) is 12.8. The van der Waals surface area contributed by atoms with Crippen molar-refractivity contribution in [3.05, 3.63) is 30.1 Å². The summed E-state index contributed by atoms with van der Waals surface area (Å²) in [5, 5.41) is 5.41. The molecule has 96 valence electrons. The molecule has 1 aromatic rings. The summed E-state index contributed by atoms with van der Waals surface area (Å²) in [6.07, 6.45) is 6.38. The lowest BCUT2D eigenvalue weighted by Gasteiger charge is -2.23. The second-order valence-electron chi connectivity index (χ2n) is 4.48. The molecule has 18 heavy (non-hydrogen) atoms. The molecule has 0 atom stereocenters. The highest BCUT2D eigenvalue weighted by atomic mass is 16.2. The topological polar surface area (TPSA) is 71.1 Å². The summed E-state index contributed by atoms with van der Waals surface area (Å²) in [5.41, 5.74) is 0.990. The maximum absolute atomic E-state index is 11.5. The molecule has 0 aliphatic heterocycles. The minimum Gasteiger partial charge on any atom is -0.350 e. The summed E-state index contributed by atoms with van der Waals surface area (Å²) in [7, 11) is 0. The lowest BCUT2D eigenvalue weighted by molar-refractivity contribution is -0.130. The number of amides is 2. The predicted octanol–water partition coefficient (Wildman–Crippen LogP) is 0.614. The number of nitrogens with one attached hydrogen (secondary N) is 2. The van der Waals surface area contributed by atoms with Gasteiger partial charge in [-0.1, -0.05) is 6.42 Å². The van der Waals surface area contributed by atoms with Gasteiger partial charge in [-0.3, -0.25) is 14.6 Å². The van der Waals surface area contributed by atoms with Gasteiger partial charge in [0.05, 0.1) is 6.54 Å². The molecule has 0 saturated heterocycles. The Morgan fingerprint density at radius 2 is 1.94 bits per heavy atom. The van der Waals surface area contributed by atoms with Gasteiger partial charge >= 0.3 is 0 Å². The Hall–Kier alpha value is -1.91. The Morgan fingerprint density at radius 1 is 1.22 bits per heavy atom. The zero-order valence-corrected chi connectivity index (χ0v) is 10.2. The minimum atomic E-state index is -0.167. The van der Waals surface area contributed by atoms with Gasteiger partial charge in [0.1, 0.15) is 0 Å². The summed E-state index contributed by atoms with van der Waals surface area (Å²) < 4.78 is 0. The summed E-state index contributed by atoms with van der Waals surface area (Å²) in [6, 6.07) is 3.68. The van der Waals surface area contributed by atoms with Gasteiger partial charge in [0.2, 0.25) is 11.8 Å². The van der Waals surface area contributed by atoms with Gasteiger partial charge in [0.15, 0.2) is 0 Å². The Bertz CT molecular complexity index is 416. The fraction of sp³-hybridized carbons (Fsp3) is 0.462. The van der Waals surface area contributed by atoms with Crippen LogP contribution in [0.1, 0.15) is 24.8 Å². The molecule has 0 spiro atoms. The maximum atomic E-state index is 11.5. The van der Waals surface area contributed by atoms with E-state index in [2.05, 4.69) is 15.6 Å². The van der Waals surface area contributed by atoms with Crippen molar-refractivity contribution in [1.82, 2.24) is 15.6 Å². The third kappa shape index (κ3) is 3.55. The van der Waals surface area contributed by atoms with Crippen LogP contribution in [0.15, 0.2) is 24.5 Å². The fourth-order valence-electron chi connectivity index (χ4n) is 1.75. The summed E-state index contributed by atoms with van der Waals surface area (Å²) in [6.45, 7) is 0.515. The van der Waals surface area contributed by atoms with Crippen molar-refractivity contribution in [2.24, 2.45) is 5.92 Å². The number of rotatable bonds is 5. The first-order chi connectivity index (χ1) is 8.75. The Balaban J connectivity index is 1.64. The number of nitrogens with zero attached hydrogens (tertiary/aromatic N) is 1. The van der Waals surface area contributed by atoms with Gasteiger partial charge in [-0.15, -0.1) is 0 Å². The number of hydrogen-bond acceptors (Lipinski definition) is 3. The quantitative estimate of drug-likeness (QED) is 0.801. The standard InChI is InChI=1S/C13H17N3O2/c17-12(9-16-13(18)11-2-1-3-11)15-8-10-4-6-14-7-5-10/h4-7,11H,1-3,8-9H2,(H,15,17)(H,16,18). The average molecular weight is 247 g/mol. The van der Waals surface area contributed by atoms with E-state index in [4.69, 9.17) is 0 Å². The number of hydrogen-bond donors (Lipinski definition) is 2. The molecule has 2 N–H and O–H groups in total. The van der Waals surface area contributed by atoms with Crippen LogP contribution in [0.5, 0.6) is 0 Å². The van der Waals surface area contributed by atoms with E-state index in [1.165, 1.54) is 0 Å². The molecule has 2 amide bonds. The zero-order valence-electron chi connectivity index (χ0n) is 10.2. The third-order valence-corrected chi connectivity index (χ3v) is 3.14. The van der Waals surface area contributed by atoms with Gasteiger partial charge in [-0.25, -0.2) is 0 Å². The van der Waals surface area contributed by atoms with Crippen LogP contribution in [-0.4, -0.2) is 23.3 Å². The van der Waals surface area contributed by atoms with E-state index in [0.717, 1.165) is 24.8 Å². The molecule has 1 aliphatic carbocycles. The van der Waals surface area contributed by atoms with Gasteiger partial charge in [-0.05, 0) is 30.5 Å². The number of carbonyl (C=O) groups excluding carboxylic acids is 2. The Morgan fingerprint density at radius 3 is 2.56 bits per heavy atom. The molecule has 2 rings (SSSR count). The highest BCUT2D eigenvalue weighted by Gasteiger charge is 2.25. The molecule has 0 radical (unpaired) electrons. The first-order valence-electron chi connectivity index (χ1n) is 6.19. The van der Waals surface area contributed by atoms with Gasteiger partial charge in [-0.2, -0.15) is 0 Å². The minimum absolute atomic E-state index is 0.000288. The normalized spacial score (nSPS) is 14.7. The van der Waals surface area contributed by atoms with E-state index in [-0.39, 0.29) is 24.3 Å². The highest BCUT2D eigenvalue weighted by molar-refractivity contribution is 5.86. The monoisotopic (exact) mass is 247 g/mol. The van der Waals surface area contributed by atoms with E-state index in [1.807, 2.05) is 12.1 Å². The van der Waals surface area contributed by atoms with Crippen molar-refractivity contribution in [3.8, 4) is 0 Å². The van der Waals surface area contributed by atoms with Crippen molar-refractivity contribution in [1.29, 1.82) is 0 Å². The second kappa shape index (κ2) is 6.14.